The number of rotatable bonds is 3. The van der Waals surface area contributed by atoms with Crippen LogP contribution in [0.1, 0.15) is 12.6 Å². The van der Waals surface area contributed by atoms with Crippen LogP contribution in [0.3, 0.4) is 0 Å². The Balaban J connectivity index is 2.27. The Labute approximate surface area is 92.2 Å². The Morgan fingerprint density at radius 3 is 3.07 bits per heavy atom. The molecule has 0 radical (unpaired) electrons. The molecule has 0 saturated heterocycles. The summed E-state index contributed by atoms with van der Waals surface area (Å²) in [6, 6.07) is 2.02. The summed E-state index contributed by atoms with van der Waals surface area (Å²) in [5.41, 5.74) is 8.47. The van der Waals surface area contributed by atoms with E-state index in [1.165, 1.54) is 11.3 Å². The number of nitrogens with zero attached hydrogens (tertiary/aromatic N) is 3. The number of nitrogens with two attached hydrogens (primary N) is 1. The van der Waals surface area contributed by atoms with Gasteiger partial charge < -0.3 is 5.73 Å². The zero-order valence-corrected chi connectivity index (χ0v) is 9.24. The smallest absolute Gasteiger partial charge is 0.171 e. The van der Waals surface area contributed by atoms with E-state index in [0.717, 1.165) is 22.8 Å². The highest BCUT2D eigenvalue weighted by Crippen LogP contribution is 2.18. The molecule has 1 unspecified atom stereocenters. The van der Waals surface area contributed by atoms with Crippen LogP contribution in [0.5, 0.6) is 0 Å². The fourth-order valence-electron chi connectivity index (χ4n) is 1.28. The van der Waals surface area contributed by atoms with E-state index in [0.29, 0.717) is 0 Å². The lowest BCUT2D eigenvalue weighted by molar-refractivity contribution is 0.721. The molecule has 0 amide bonds. The van der Waals surface area contributed by atoms with Crippen LogP contribution in [0, 0.1) is 0 Å². The topological polar surface area (TPSA) is 64.7 Å². The standard InChI is InChI=1S/C10H12N4S/c1-7(11)4-8-2-3-13-10(14-8)9-5-12-6-15-9/h2-3,5-7H,4,11H2,1H3. The van der Waals surface area contributed by atoms with Crippen molar-refractivity contribution in [3.8, 4) is 10.7 Å². The monoisotopic (exact) mass is 220 g/mol. The molecule has 0 saturated carbocycles. The Hall–Kier alpha value is -1.33. The molecule has 0 aromatic carbocycles. The van der Waals surface area contributed by atoms with Gasteiger partial charge in [-0.25, -0.2) is 9.97 Å². The molecule has 0 bridgehead atoms. The lowest BCUT2D eigenvalue weighted by Crippen LogP contribution is -2.18. The van der Waals surface area contributed by atoms with E-state index in [-0.39, 0.29) is 6.04 Å². The van der Waals surface area contributed by atoms with Crippen LogP contribution < -0.4 is 5.73 Å². The molecule has 2 N–H and O–H groups in total. The Morgan fingerprint density at radius 2 is 2.40 bits per heavy atom. The number of hydrogen-bond acceptors (Lipinski definition) is 5. The number of hydrogen-bond donors (Lipinski definition) is 1. The molecular formula is C10H12N4S. The maximum absolute atomic E-state index is 5.72. The van der Waals surface area contributed by atoms with E-state index in [9.17, 15) is 0 Å². The van der Waals surface area contributed by atoms with Crippen LogP contribution in [0.2, 0.25) is 0 Å². The Bertz CT molecular complexity index is 425. The average molecular weight is 220 g/mol. The van der Waals surface area contributed by atoms with Crippen molar-refractivity contribution < 1.29 is 0 Å². The predicted octanol–water partition coefficient (Wildman–Crippen LogP) is 1.49. The van der Waals surface area contributed by atoms with Crippen LogP contribution in [0.15, 0.2) is 24.0 Å². The van der Waals surface area contributed by atoms with Crippen molar-refractivity contribution in [1.29, 1.82) is 0 Å². The van der Waals surface area contributed by atoms with Crippen molar-refractivity contribution in [2.45, 2.75) is 19.4 Å². The molecule has 0 aliphatic rings. The van der Waals surface area contributed by atoms with Crippen LogP contribution in [0.25, 0.3) is 10.7 Å². The van der Waals surface area contributed by atoms with Crippen molar-refractivity contribution >= 4 is 11.3 Å². The average Bonchev–Trinajstić information content (AvgIpc) is 2.69. The molecule has 78 valence electrons. The van der Waals surface area contributed by atoms with Gasteiger partial charge in [-0.3, -0.25) is 4.98 Å². The van der Waals surface area contributed by atoms with Crippen molar-refractivity contribution in [3.63, 3.8) is 0 Å². The maximum atomic E-state index is 5.72. The molecule has 0 aliphatic heterocycles. The fraction of sp³-hybridized carbons (Fsp3) is 0.300. The van der Waals surface area contributed by atoms with Gasteiger partial charge in [-0.2, -0.15) is 0 Å². The molecule has 4 nitrogen and oxygen atoms in total. The van der Waals surface area contributed by atoms with E-state index >= 15 is 0 Å². The van der Waals surface area contributed by atoms with Crippen LogP contribution in [-0.4, -0.2) is 21.0 Å². The lowest BCUT2D eigenvalue weighted by atomic mass is 10.2. The lowest BCUT2D eigenvalue weighted by Gasteiger charge is -2.04. The first-order chi connectivity index (χ1) is 7.25. The summed E-state index contributed by atoms with van der Waals surface area (Å²) in [6.07, 6.45) is 4.31. The highest BCUT2D eigenvalue weighted by atomic mass is 32.1. The van der Waals surface area contributed by atoms with Gasteiger partial charge in [0.1, 0.15) is 0 Å². The predicted molar refractivity (Wildman–Crippen MR) is 60.5 cm³/mol. The fourth-order valence-corrected chi connectivity index (χ4v) is 1.85. The molecule has 0 spiro atoms. The van der Waals surface area contributed by atoms with Gasteiger partial charge in [0, 0.05) is 30.6 Å². The third-order valence-electron chi connectivity index (χ3n) is 1.90. The van der Waals surface area contributed by atoms with Crippen molar-refractivity contribution in [3.05, 3.63) is 29.7 Å². The van der Waals surface area contributed by atoms with E-state index in [1.807, 2.05) is 13.0 Å². The molecule has 5 heteroatoms. The minimum absolute atomic E-state index is 0.120. The molecule has 0 fully saturated rings. The van der Waals surface area contributed by atoms with Gasteiger partial charge >= 0.3 is 0 Å². The highest BCUT2D eigenvalue weighted by Gasteiger charge is 2.05. The Kier molecular flexibility index (Phi) is 3.03. The summed E-state index contributed by atoms with van der Waals surface area (Å²) >= 11 is 1.54. The van der Waals surface area contributed by atoms with Gasteiger partial charge in [0.25, 0.3) is 0 Å². The summed E-state index contributed by atoms with van der Waals surface area (Å²) < 4.78 is 0. The molecule has 2 rings (SSSR count). The quantitative estimate of drug-likeness (QED) is 0.851. The molecule has 2 heterocycles. The molecule has 15 heavy (non-hydrogen) atoms. The van der Waals surface area contributed by atoms with E-state index in [4.69, 9.17) is 5.73 Å². The second kappa shape index (κ2) is 4.46. The van der Waals surface area contributed by atoms with Gasteiger partial charge in [0.15, 0.2) is 5.82 Å². The number of aromatic nitrogens is 3. The van der Waals surface area contributed by atoms with Crippen molar-refractivity contribution in [1.82, 2.24) is 15.0 Å². The second-order valence-corrected chi connectivity index (χ2v) is 4.31. The maximum Gasteiger partial charge on any atom is 0.171 e. The van der Waals surface area contributed by atoms with E-state index < -0.39 is 0 Å². The first kappa shape index (κ1) is 10.2. The first-order valence-corrected chi connectivity index (χ1v) is 5.60. The zero-order valence-electron chi connectivity index (χ0n) is 8.42. The van der Waals surface area contributed by atoms with Gasteiger partial charge in [0.05, 0.1) is 10.4 Å². The van der Waals surface area contributed by atoms with Crippen LogP contribution >= 0.6 is 11.3 Å². The van der Waals surface area contributed by atoms with Gasteiger partial charge in [-0.15, -0.1) is 11.3 Å². The summed E-state index contributed by atoms with van der Waals surface area (Å²) in [5.74, 6) is 0.732. The minimum Gasteiger partial charge on any atom is -0.328 e. The molecule has 0 aliphatic carbocycles. The van der Waals surface area contributed by atoms with Crippen molar-refractivity contribution in [2.75, 3.05) is 0 Å². The van der Waals surface area contributed by atoms with Crippen LogP contribution in [-0.2, 0) is 6.42 Å². The summed E-state index contributed by atoms with van der Waals surface area (Å²) in [4.78, 5) is 13.6. The van der Waals surface area contributed by atoms with Gasteiger partial charge in [-0.1, -0.05) is 0 Å². The SMILES string of the molecule is CC(N)Cc1ccnc(-c2cncs2)n1. The molecule has 2 aromatic heterocycles. The normalized spacial score (nSPS) is 12.7. The van der Waals surface area contributed by atoms with E-state index in [2.05, 4.69) is 15.0 Å². The van der Waals surface area contributed by atoms with Gasteiger partial charge in [-0.05, 0) is 13.0 Å². The molecule has 2 aromatic rings. The summed E-state index contributed by atoms with van der Waals surface area (Å²) in [6.45, 7) is 1.97. The third-order valence-corrected chi connectivity index (χ3v) is 2.67. The largest absolute Gasteiger partial charge is 0.328 e. The zero-order chi connectivity index (χ0) is 10.7. The van der Waals surface area contributed by atoms with Crippen LogP contribution in [0.4, 0.5) is 0 Å². The summed E-state index contributed by atoms with van der Waals surface area (Å²) in [7, 11) is 0. The molecule has 1 atom stereocenters. The number of thiazole rings is 1. The minimum atomic E-state index is 0.120. The van der Waals surface area contributed by atoms with Gasteiger partial charge in [0.2, 0.25) is 0 Å². The van der Waals surface area contributed by atoms with E-state index in [1.54, 1.807) is 17.9 Å². The third kappa shape index (κ3) is 2.57. The first-order valence-electron chi connectivity index (χ1n) is 4.72. The molecular weight excluding hydrogens is 208 g/mol. The Morgan fingerprint density at radius 1 is 1.53 bits per heavy atom. The second-order valence-electron chi connectivity index (χ2n) is 3.42. The highest BCUT2D eigenvalue weighted by molar-refractivity contribution is 7.13. The summed E-state index contributed by atoms with van der Waals surface area (Å²) in [5, 5.41) is 0. The van der Waals surface area contributed by atoms with Crippen molar-refractivity contribution in [2.24, 2.45) is 5.73 Å².